The Balaban J connectivity index is 1.77. The van der Waals surface area contributed by atoms with Crippen molar-refractivity contribution in [1.29, 1.82) is 5.26 Å². The predicted molar refractivity (Wildman–Crippen MR) is 77.3 cm³/mol. The highest BCUT2D eigenvalue weighted by Crippen LogP contribution is 2.29. The smallest absolute Gasteiger partial charge is 0.252 e. The highest BCUT2D eigenvalue weighted by atomic mass is 16.2. The molecule has 1 aliphatic heterocycles. The maximum absolute atomic E-state index is 12.5. The summed E-state index contributed by atoms with van der Waals surface area (Å²) in [6, 6.07) is 8.64. The molecular weight excluding hydrogens is 266 g/mol. The summed E-state index contributed by atoms with van der Waals surface area (Å²) in [5.74, 6) is -0.251. The SMILES string of the molecule is N#Cc1ccccc1NC1CC(=O)N(C2CCCC2)C1=O. The van der Waals surface area contributed by atoms with Gasteiger partial charge in [0, 0.05) is 6.04 Å². The van der Waals surface area contributed by atoms with Crippen molar-refractivity contribution in [2.75, 3.05) is 5.32 Å². The van der Waals surface area contributed by atoms with E-state index in [2.05, 4.69) is 11.4 Å². The second-order valence-electron chi connectivity index (χ2n) is 5.60. The molecule has 2 aliphatic rings. The zero-order valence-electron chi connectivity index (χ0n) is 11.7. The van der Waals surface area contributed by atoms with Gasteiger partial charge in [-0.1, -0.05) is 25.0 Å². The third-order valence-electron chi connectivity index (χ3n) is 4.25. The summed E-state index contributed by atoms with van der Waals surface area (Å²) in [5.41, 5.74) is 1.09. The molecule has 0 aromatic heterocycles. The van der Waals surface area contributed by atoms with Crippen LogP contribution in [0.2, 0.25) is 0 Å². The minimum Gasteiger partial charge on any atom is -0.372 e. The number of carbonyl (C=O) groups is 2. The van der Waals surface area contributed by atoms with Gasteiger partial charge in [0.2, 0.25) is 5.91 Å². The number of hydrogen-bond donors (Lipinski definition) is 1. The second-order valence-corrected chi connectivity index (χ2v) is 5.60. The molecule has 0 radical (unpaired) electrons. The fourth-order valence-electron chi connectivity index (χ4n) is 3.20. The number of likely N-dealkylation sites (tertiary alicyclic amines) is 1. The van der Waals surface area contributed by atoms with Crippen molar-refractivity contribution in [3.05, 3.63) is 29.8 Å². The maximum atomic E-state index is 12.5. The van der Waals surface area contributed by atoms with E-state index in [1.54, 1.807) is 24.3 Å². The van der Waals surface area contributed by atoms with E-state index < -0.39 is 6.04 Å². The molecule has 2 amide bonds. The second kappa shape index (κ2) is 5.57. The molecule has 1 unspecified atom stereocenters. The molecule has 0 spiro atoms. The van der Waals surface area contributed by atoms with E-state index in [0.717, 1.165) is 25.7 Å². The number of nitrogens with zero attached hydrogens (tertiary/aromatic N) is 2. The van der Waals surface area contributed by atoms with E-state index in [0.29, 0.717) is 11.3 Å². The number of anilines is 1. The Morgan fingerprint density at radius 3 is 2.62 bits per heavy atom. The van der Waals surface area contributed by atoms with E-state index in [-0.39, 0.29) is 24.3 Å². The fourth-order valence-corrected chi connectivity index (χ4v) is 3.20. The molecule has 1 saturated heterocycles. The molecule has 3 rings (SSSR count). The molecule has 5 heteroatoms. The van der Waals surface area contributed by atoms with E-state index in [4.69, 9.17) is 5.26 Å². The number of nitriles is 1. The van der Waals surface area contributed by atoms with Gasteiger partial charge in [0.1, 0.15) is 12.1 Å². The minimum atomic E-state index is -0.549. The van der Waals surface area contributed by atoms with E-state index in [1.165, 1.54) is 4.90 Å². The zero-order valence-corrected chi connectivity index (χ0v) is 11.7. The average molecular weight is 283 g/mol. The first kappa shape index (κ1) is 13.6. The lowest BCUT2D eigenvalue weighted by atomic mass is 10.1. The van der Waals surface area contributed by atoms with Gasteiger partial charge in [-0.3, -0.25) is 14.5 Å². The van der Waals surface area contributed by atoms with Crippen LogP contribution in [0.3, 0.4) is 0 Å². The molecule has 1 atom stereocenters. The molecule has 108 valence electrons. The first-order valence-electron chi connectivity index (χ1n) is 7.32. The molecule has 21 heavy (non-hydrogen) atoms. The van der Waals surface area contributed by atoms with Gasteiger partial charge in [0.05, 0.1) is 17.7 Å². The Kier molecular flexibility index (Phi) is 3.61. The molecule has 5 nitrogen and oxygen atoms in total. The zero-order chi connectivity index (χ0) is 14.8. The Bertz CT molecular complexity index is 614. The molecule has 0 bridgehead atoms. The summed E-state index contributed by atoms with van der Waals surface area (Å²) in [4.78, 5) is 26.0. The Hall–Kier alpha value is -2.35. The van der Waals surface area contributed by atoms with Gasteiger partial charge in [-0.2, -0.15) is 5.26 Å². The van der Waals surface area contributed by atoms with Crippen molar-refractivity contribution in [2.24, 2.45) is 0 Å². The number of amides is 2. The van der Waals surface area contributed by atoms with E-state index in [1.807, 2.05) is 0 Å². The van der Waals surface area contributed by atoms with Crippen molar-refractivity contribution in [3.8, 4) is 6.07 Å². The van der Waals surface area contributed by atoms with Crippen molar-refractivity contribution in [1.82, 2.24) is 4.90 Å². The quantitative estimate of drug-likeness (QED) is 0.862. The molecule has 2 fully saturated rings. The maximum Gasteiger partial charge on any atom is 0.252 e. The standard InChI is InChI=1S/C16H17N3O2/c17-10-11-5-1-4-8-13(11)18-14-9-15(20)19(16(14)21)12-6-2-3-7-12/h1,4-5,8,12,14,18H,2-3,6-7,9H2. The summed E-state index contributed by atoms with van der Waals surface area (Å²) in [6.45, 7) is 0. The van der Waals surface area contributed by atoms with Crippen molar-refractivity contribution >= 4 is 17.5 Å². The van der Waals surface area contributed by atoms with E-state index in [9.17, 15) is 9.59 Å². The van der Waals surface area contributed by atoms with Crippen LogP contribution in [0.5, 0.6) is 0 Å². The fraction of sp³-hybridized carbons (Fsp3) is 0.438. The molecule has 1 aromatic rings. The number of rotatable bonds is 3. The normalized spacial score (nSPS) is 22.6. The third kappa shape index (κ3) is 2.49. The van der Waals surface area contributed by atoms with Gasteiger partial charge in [-0.15, -0.1) is 0 Å². The minimum absolute atomic E-state index is 0.0722. The Morgan fingerprint density at radius 1 is 1.19 bits per heavy atom. The van der Waals surface area contributed by atoms with E-state index >= 15 is 0 Å². The molecule has 1 aromatic carbocycles. The largest absolute Gasteiger partial charge is 0.372 e. The Labute approximate surface area is 123 Å². The lowest BCUT2D eigenvalue weighted by molar-refractivity contribution is -0.141. The number of para-hydroxylation sites is 1. The molecule has 1 heterocycles. The van der Waals surface area contributed by atoms with Crippen LogP contribution in [0.4, 0.5) is 5.69 Å². The van der Waals surface area contributed by atoms with Gasteiger partial charge >= 0.3 is 0 Å². The van der Waals surface area contributed by atoms with Crippen LogP contribution < -0.4 is 5.32 Å². The number of imide groups is 1. The van der Waals surface area contributed by atoms with Crippen LogP contribution in [0.1, 0.15) is 37.7 Å². The van der Waals surface area contributed by atoms with Crippen LogP contribution in [0, 0.1) is 11.3 Å². The van der Waals surface area contributed by atoms with Gasteiger partial charge in [0.25, 0.3) is 5.91 Å². The highest BCUT2D eigenvalue weighted by Gasteiger charge is 2.43. The van der Waals surface area contributed by atoms with Gasteiger partial charge in [0.15, 0.2) is 0 Å². The first-order chi connectivity index (χ1) is 10.2. The predicted octanol–water partition coefficient (Wildman–Crippen LogP) is 2.04. The lowest BCUT2D eigenvalue weighted by Gasteiger charge is -2.22. The van der Waals surface area contributed by atoms with Crippen molar-refractivity contribution in [2.45, 2.75) is 44.2 Å². The van der Waals surface area contributed by atoms with Gasteiger partial charge in [-0.05, 0) is 25.0 Å². The summed E-state index contributed by atoms with van der Waals surface area (Å²) in [7, 11) is 0. The number of hydrogen-bond acceptors (Lipinski definition) is 4. The van der Waals surface area contributed by atoms with Crippen LogP contribution in [0.15, 0.2) is 24.3 Å². The topological polar surface area (TPSA) is 73.2 Å². The monoisotopic (exact) mass is 283 g/mol. The van der Waals surface area contributed by atoms with Crippen LogP contribution in [-0.4, -0.2) is 28.8 Å². The van der Waals surface area contributed by atoms with Crippen LogP contribution in [0.25, 0.3) is 0 Å². The summed E-state index contributed by atoms with van der Waals surface area (Å²) < 4.78 is 0. The summed E-state index contributed by atoms with van der Waals surface area (Å²) >= 11 is 0. The Morgan fingerprint density at radius 2 is 1.90 bits per heavy atom. The first-order valence-corrected chi connectivity index (χ1v) is 7.32. The molecular formula is C16H17N3O2. The van der Waals surface area contributed by atoms with Gasteiger partial charge < -0.3 is 5.32 Å². The average Bonchev–Trinajstić information content (AvgIpc) is 3.09. The molecule has 1 N–H and O–H groups in total. The number of nitrogens with one attached hydrogen (secondary N) is 1. The number of benzene rings is 1. The highest BCUT2D eigenvalue weighted by molar-refractivity contribution is 6.07. The third-order valence-corrected chi connectivity index (χ3v) is 4.25. The van der Waals surface area contributed by atoms with Crippen molar-refractivity contribution < 1.29 is 9.59 Å². The number of carbonyl (C=O) groups excluding carboxylic acids is 2. The van der Waals surface area contributed by atoms with Crippen molar-refractivity contribution in [3.63, 3.8) is 0 Å². The van der Waals surface area contributed by atoms with Crippen LogP contribution >= 0.6 is 0 Å². The lowest BCUT2D eigenvalue weighted by Crippen LogP contribution is -2.41. The summed E-state index contributed by atoms with van der Waals surface area (Å²) in [6.07, 6.45) is 4.17. The molecule has 1 saturated carbocycles. The molecule has 1 aliphatic carbocycles. The summed E-state index contributed by atoms with van der Waals surface area (Å²) in [5, 5.41) is 12.1. The van der Waals surface area contributed by atoms with Crippen LogP contribution in [-0.2, 0) is 9.59 Å². The van der Waals surface area contributed by atoms with Gasteiger partial charge in [-0.25, -0.2) is 0 Å².